The number of hydrogen-bond donors (Lipinski definition) is 3. The molecule has 1 fully saturated rings. The average Bonchev–Trinajstić information content (AvgIpc) is 2.59. The molecule has 0 radical (unpaired) electrons. The lowest BCUT2D eigenvalue weighted by molar-refractivity contribution is -0.139. The van der Waals surface area contributed by atoms with Crippen molar-refractivity contribution in [1.82, 2.24) is 10.6 Å². The highest BCUT2D eigenvalue weighted by Gasteiger charge is 2.23. The topological polar surface area (TPSA) is 78.4 Å². The Balaban J connectivity index is 1.69. The van der Waals surface area contributed by atoms with Crippen molar-refractivity contribution in [3.8, 4) is 0 Å². The molecule has 0 spiro atoms. The molecule has 0 bridgehead atoms. The molecule has 6 heteroatoms. The number of benzene rings is 1. The molecule has 126 valence electrons. The number of nitrogens with one attached hydrogen (secondary N) is 2. The van der Waals surface area contributed by atoms with Gasteiger partial charge in [-0.1, -0.05) is 31.4 Å². The summed E-state index contributed by atoms with van der Waals surface area (Å²) in [5.74, 6) is -1.67. The van der Waals surface area contributed by atoms with E-state index < -0.39 is 17.9 Å². The summed E-state index contributed by atoms with van der Waals surface area (Å²) in [4.78, 5) is 23.4. The first kappa shape index (κ1) is 17.4. The highest BCUT2D eigenvalue weighted by atomic mass is 19.1. The normalized spacial score (nSPS) is 16.6. The molecule has 2 rings (SSSR count). The third-order valence-corrected chi connectivity index (χ3v) is 4.24. The van der Waals surface area contributed by atoms with E-state index in [0.29, 0.717) is 5.56 Å². The summed E-state index contributed by atoms with van der Waals surface area (Å²) in [7, 11) is 0. The molecular formula is C17H23FN2O3. The number of carbonyl (C=O) groups is 2. The van der Waals surface area contributed by atoms with E-state index in [2.05, 4.69) is 10.6 Å². The van der Waals surface area contributed by atoms with Crippen LogP contribution in [-0.2, 0) is 16.1 Å². The van der Waals surface area contributed by atoms with Crippen molar-refractivity contribution < 1.29 is 19.1 Å². The predicted molar refractivity (Wildman–Crippen MR) is 83.8 cm³/mol. The first-order chi connectivity index (χ1) is 11.1. The Kier molecular flexibility index (Phi) is 6.52. The van der Waals surface area contributed by atoms with E-state index in [4.69, 9.17) is 0 Å². The minimum absolute atomic E-state index is 0.0907. The lowest BCUT2D eigenvalue weighted by Gasteiger charge is -2.26. The van der Waals surface area contributed by atoms with Crippen LogP contribution in [0.4, 0.5) is 4.39 Å². The Morgan fingerprint density at radius 2 is 1.70 bits per heavy atom. The Bertz CT molecular complexity index is 527. The number of rotatable bonds is 5. The quantitative estimate of drug-likeness (QED) is 0.719. The van der Waals surface area contributed by atoms with Crippen LogP contribution in [0.2, 0.25) is 0 Å². The van der Waals surface area contributed by atoms with Crippen molar-refractivity contribution >= 4 is 11.8 Å². The number of amides is 2. The fraction of sp³-hybridized carbons (Fsp3) is 0.529. The largest absolute Gasteiger partial charge is 0.391 e. The number of carbonyl (C=O) groups excluding carboxylic acids is 2. The summed E-state index contributed by atoms with van der Waals surface area (Å²) < 4.78 is 12.8. The molecule has 0 aliphatic heterocycles. The van der Waals surface area contributed by atoms with Gasteiger partial charge in [0.2, 0.25) is 0 Å². The van der Waals surface area contributed by atoms with Crippen LogP contribution in [0.1, 0.15) is 37.7 Å². The highest BCUT2D eigenvalue weighted by Crippen LogP contribution is 2.26. The molecule has 3 N–H and O–H groups in total. The van der Waals surface area contributed by atoms with Gasteiger partial charge in [0, 0.05) is 13.1 Å². The van der Waals surface area contributed by atoms with Gasteiger partial charge in [-0.15, -0.1) is 0 Å². The van der Waals surface area contributed by atoms with E-state index in [1.54, 1.807) is 12.1 Å². The molecule has 1 atom stereocenters. The van der Waals surface area contributed by atoms with Crippen molar-refractivity contribution in [2.24, 2.45) is 5.92 Å². The molecular weight excluding hydrogens is 299 g/mol. The molecule has 1 aliphatic carbocycles. The summed E-state index contributed by atoms with van der Waals surface area (Å²) in [6, 6.07) is 5.67. The first-order valence-corrected chi connectivity index (χ1v) is 8.05. The highest BCUT2D eigenvalue weighted by molar-refractivity contribution is 6.35. The van der Waals surface area contributed by atoms with E-state index in [9.17, 15) is 19.1 Å². The number of aliphatic hydroxyl groups is 1. The van der Waals surface area contributed by atoms with E-state index in [-0.39, 0.29) is 24.8 Å². The molecule has 2 amide bonds. The standard InChI is InChI=1S/C17H23FN2O3/c18-14-8-6-12(7-9-14)10-19-16(22)17(23)20-11-15(21)13-4-2-1-3-5-13/h6-9,13,15,21H,1-5,10-11H2,(H,19,22)(H,20,23). The van der Waals surface area contributed by atoms with Crippen molar-refractivity contribution in [3.05, 3.63) is 35.6 Å². The van der Waals surface area contributed by atoms with Gasteiger partial charge in [0.1, 0.15) is 5.82 Å². The van der Waals surface area contributed by atoms with Crippen LogP contribution < -0.4 is 10.6 Å². The summed E-state index contributed by atoms with van der Waals surface area (Å²) in [6.07, 6.45) is 4.73. The van der Waals surface area contributed by atoms with Gasteiger partial charge in [0.25, 0.3) is 0 Å². The smallest absolute Gasteiger partial charge is 0.309 e. The number of aliphatic hydroxyl groups excluding tert-OH is 1. The van der Waals surface area contributed by atoms with Crippen LogP contribution in [0.3, 0.4) is 0 Å². The molecule has 23 heavy (non-hydrogen) atoms. The molecule has 1 aliphatic rings. The Hall–Kier alpha value is -1.95. The fourth-order valence-electron chi connectivity index (χ4n) is 2.83. The van der Waals surface area contributed by atoms with Gasteiger partial charge in [-0.3, -0.25) is 9.59 Å². The second-order valence-corrected chi connectivity index (χ2v) is 5.98. The van der Waals surface area contributed by atoms with Crippen molar-refractivity contribution in [2.45, 2.75) is 44.8 Å². The average molecular weight is 322 g/mol. The van der Waals surface area contributed by atoms with Crippen LogP contribution >= 0.6 is 0 Å². The van der Waals surface area contributed by atoms with Crippen LogP contribution in [0, 0.1) is 11.7 Å². The number of hydrogen-bond acceptors (Lipinski definition) is 3. The third-order valence-electron chi connectivity index (χ3n) is 4.24. The second-order valence-electron chi connectivity index (χ2n) is 5.98. The predicted octanol–water partition coefficient (Wildman–Crippen LogP) is 1.50. The van der Waals surface area contributed by atoms with Gasteiger partial charge in [-0.05, 0) is 36.5 Å². The van der Waals surface area contributed by atoms with Crippen molar-refractivity contribution in [2.75, 3.05) is 6.54 Å². The van der Waals surface area contributed by atoms with Gasteiger partial charge < -0.3 is 15.7 Å². The Morgan fingerprint density at radius 1 is 1.09 bits per heavy atom. The summed E-state index contributed by atoms with van der Waals surface area (Å²) in [6.45, 7) is 0.241. The van der Waals surface area contributed by atoms with E-state index in [0.717, 1.165) is 25.7 Å². The van der Waals surface area contributed by atoms with Crippen LogP contribution in [0.15, 0.2) is 24.3 Å². The Labute approximate surface area is 135 Å². The molecule has 1 aromatic carbocycles. The van der Waals surface area contributed by atoms with Gasteiger partial charge >= 0.3 is 11.8 Å². The molecule has 1 aromatic rings. The lowest BCUT2D eigenvalue weighted by Crippen LogP contribution is -2.44. The summed E-state index contributed by atoms with van der Waals surface area (Å²) >= 11 is 0. The first-order valence-electron chi connectivity index (χ1n) is 8.05. The zero-order valence-corrected chi connectivity index (χ0v) is 13.1. The summed E-state index contributed by atoms with van der Waals surface area (Å²) in [5, 5.41) is 15.0. The van der Waals surface area contributed by atoms with Crippen molar-refractivity contribution in [1.29, 1.82) is 0 Å². The zero-order chi connectivity index (χ0) is 16.7. The lowest BCUT2D eigenvalue weighted by atomic mass is 9.85. The summed E-state index contributed by atoms with van der Waals surface area (Å²) in [5.41, 5.74) is 0.704. The minimum Gasteiger partial charge on any atom is -0.391 e. The monoisotopic (exact) mass is 322 g/mol. The molecule has 0 heterocycles. The zero-order valence-electron chi connectivity index (χ0n) is 13.1. The second kappa shape index (κ2) is 8.62. The van der Waals surface area contributed by atoms with Crippen LogP contribution in [0.25, 0.3) is 0 Å². The fourth-order valence-corrected chi connectivity index (χ4v) is 2.83. The maximum absolute atomic E-state index is 12.8. The Morgan fingerprint density at radius 3 is 2.35 bits per heavy atom. The minimum atomic E-state index is -0.762. The molecule has 1 saturated carbocycles. The van der Waals surface area contributed by atoms with E-state index >= 15 is 0 Å². The molecule has 5 nitrogen and oxygen atoms in total. The van der Waals surface area contributed by atoms with E-state index in [1.807, 2.05) is 0 Å². The number of halogens is 1. The maximum Gasteiger partial charge on any atom is 0.309 e. The molecule has 1 unspecified atom stereocenters. The van der Waals surface area contributed by atoms with Crippen molar-refractivity contribution in [3.63, 3.8) is 0 Å². The maximum atomic E-state index is 12.8. The van der Waals surface area contributed by atoms with Crippen LogP contribution in [0.5, 0.6) is 0 Å². The van der Waals surface area contributed by atoms with Gasteiger partial charge in [-0.2, -0.15) is 0 Å². The molecule has 0 aromatic heterocycles. The van der Waals surface area contributed by atoms with Gasteiger partial charge in [-0.25, -0.2) is 4.39 Å². The SMILES string of the molecule is O=C(NCc1ccc(F)cc1)C(=O)NCC(O)C1CCCCC1. The van der Waals surface area contributed by atoms with Gasteiger partial charge in [0.05, 0.1) is 6.10 Å². The van der Waals surface area contributed by atoms with Gasteiger partial charge in [0.15, 0.2) is 0 Å². The molecule has 0 saturated heterocycles. The van der Waals surface area contributed by atoms with Crippen LogP contribution in [-0.4, -0.2) is 29.6 Å². The third kappa shape index (κ3) is 5.63. The van der Waals surface area contributed by atoms with E-state index in [1.165, 1.54) is 18.6 Å².